The standard InChI is InChI=1S/C26H26F2N6O4/c1-16-3-4-17(13-22(16)34(36)37)25(35)33-8-7-21-19(15-33)24(38-23-6-5-18(27)14-20(23)28)30-26(29-21)32-11-9-31(2)10-12-32/h3-6,13-14H,7-12,15H2,1-2H3. The van der Waals surface area contributed by atoms with Crippen molar-refractivity contribution in [2.24, 2.45) is 0 Å². The van der Waals surface area contributed by atoms with Gasteiger partial charge in [-0.05, 0) is 32.2 Å². The fourth-order valence-electron chi connectivity index (χ4n) is 4.56. The number of nitro groups is 1. The third-order valence-electron chi connectivity index (χ3n) is 6.84. The third kappa shape index (κ3) is 5.12. The Labute approximate surface area is 217 Å². The Kier molecular flexibility index (Phi) is 6.89. The minimum atomic E-state index is -0.880. The Morgan fingerprint density at radius 2 is 1.82 bits per heavy atom. The summed E-state index contributed by atoms with van der Waals surface area (Å²) in [5.41, 5.74) is 1.69. The number of aryl methyl sites for hydroxylation is 1. The second kappa shape index (κ2) is 10.3. The van der Waals surface area contributed by atoms with E-state index in [0.29, 0.717) is 48.8 Å². The summed E-state index contributed by atoms with van der Waals surface area (Å²) < 4.78 is 33.8. The summed E-state index contributed by atoms with van der Waals surface area (Å²) in [6.45, 7) is 5.07. The van der Waals surface area contributed by atoms with Crippen LogP contribution in [0.15, 0.2) is 36.4 Å². The number of halogens is 2. The van der Waals surface area contributed by atoms with Crippen molar-refractivity contribution in [1.82, 2.24) is 19.8 Å². The van der Waals surface area contributed by atoms with Crippen molar-refractivity contribution in [3.05, 3.63) is 80.5 Å². The molecule has 0 atom stereocenters. The maximum Gasteiger partial charge on any atom is 0.273 e. The molecule has 38 heavy (non-hydrogen) atoms. The Morgan fingerprint density at radius 1 is 1.05 bits per heavy atom. The van der Waals surface area contributed by atoms with Crippen molar-refractivity contribution in [1.29, 1.82) is 0 Å². The van der Waals surface area contributed by atoms with Gasteiger partial charge in [-0.15, -0.1) is 0 Å². The van der Waals surface area contributed by atoms with Gasteiger partial charge in [-0.25, -0.2) is 13.8 Å². The molecule has 2 aliphatic rings. The average Bonchev–Trinajstić information content (AvgIpc) is 2.90. The number of rotatable bonds is 5. The monoisotopic (exact) mass is 524 g/mol. The van der Waals surface area contributed by atoms with Crippen molar-refractivity contribution in [2.45, 2.75) is 19.9 Å². The fraction of sp³-hybridized carbons (Fsp3) is 0.346. The fourth-order valence-corrected chi connectivity index (χ4v) is 4.56. The second-order valence-electron chi connectivity index (χ2n) is 9.46. The first-order valence-corrected chi connectivity index (χ1v) is 12.2. The van der Waals surface area contributed by atoms with Gasteiger partial charge in [0.05, 0.1) is 22.7 Å². The van der Waals surface area contributed by atoms with Gasteiger partial charge in [-0.2, -0.15) is 4.98 Å². The number of nitro benzene ring substituents is 1. The number of nitrogens with zero attached hydrogens (tertiary/aromatic N) is 6. The van der Waals surface area contributed by atoms with E-state index in [1.807, 2.05) is 11.9 Å². The van der Waals surface area contributed by atoms with Crippen molar-refractivity contribution in [3.63, 3.8) is 0 Å². The van der Waals surface area contributed by atoms with Crippen LogP contribution in [0.4, 0.5) is 20.4 Å². The summed E-state index contributed by atoms with van der Waals surface area (Å²) in [4.78, 5) is 39.3. The van der Waals surface area contributed by atoms with E-state index in [9.17, 15) is 23.7 Å². The van der Waals surface area contributed by atoms with Crippen LogP contribution in [0.5, 0.6) is 11.6 Å². The van der Waals surface area contributed by atoms with Crippen molar-refractivity contribution in [3.8, 4) is 11.6 Å². The van der Waals surface area contributed by atoms with Gasteiger partial charge < -0.3 is 19.4 Å². The minimum Gasteiger partial charge on any atom is -0.435 e. The highest BCUT2D eigenvalue weighted by Gasteiger charge is 2.30. The zero-order chi connectivity index (χ0) is 27.0. The average molecular weight is 525 g/mol. The summed E-state index contributed by atoms with van der Waals surface area (Å²) in [6, 6.07) is 7.37. The number of benzene rings is 2. The first-order valence-electron chi connectivity index (χ1n) is 12.2. The topological polar surface area (TPSA) is 105 Å². The maximum absolute atomic E-state index is 14.5. The number of amides is 1. The van der Waals surface area contributed by atoms with Gasteiger partial charge in [0.2, 0.25) is 11.8 Å². The summed E-state index contributed by atoms with van der Waals surface area (Å²) in [5.74, 6) is -1.67. The molecule has 0 unspecified atom stereocenters. The molecule has 0 radical (unpaired) electrons. The lowest BCUT2D eigenvalue weighted by Crippen LogP contribution is -2.45. The van der Waals surface area contributed by atoms with Crippen molar-refractivity contribution >= 4 is 17.5 Å². The molecule has 0 N–H and O–H groups in total. The number of fused-ring (bicyclic) bond motifs is 1. The van der Waals surface area contributed by atoms with Crippen LogP contribution in [0.3, 0.4) is 0 Å². The first-order chi connectivity index (χ1) is 18.2. The van der Waals surface area contributed by atoms with E-state index < -0.39 is 16.6 Å². The Balaban J connectivity index is 1.49. The van der Waals surface area contributed by atoms with Crippen LogP contribution in [-0.2, 0) is 13.0 Å². The van der Waals surface area contributed by atoms with E-state index in [1.165, 1.54) is 17.0 Å². The van der Waals surface area contributed by atoms with Gasteiger partial charge in [0.1, 0.15) is 5.82 Å². The molecule has 0 aliphatic carbocycles. The van der Waals surface area contributed by atoms with Crippen LogP contribution in [0, 0.1) is 28.7 Å². The quantitative estimate of drug-likeness (QED) is 0.368. The molecule has 5 rings (SSSR count). The lowest BCUT2D eigenvalue weighted by atomic mass is 10.0. The number of piperazine rings is 1. The predicted octanol–water partition coefficient (Wildman–Crippen LogP) is 3.71. The molecule has 1 aromatic heterocycles. The molecule has 10 nitrogen and oxygen atoms in total. The summed E-state index contributed by atoms with van der Waals surface area (Å²) in [5, 5.41) is 11.4. The van der Waals surface area contributed by atoms with Crippen molar-refractivity contribution in [2.75, 3.05) is 44.7 Å². The SMILES string of the molecule is Cc1ccc(C(=O)N2CCc3nc(N4CCN(C)CC4)nc(Oc4ccc(F)cc4F)c3C2)cc1[N+](=O)[O-]. The largest absolute Gasteiger partial charge is 0.435 e. The van der Waals surface area contributed by atoms with Gasteiger partial charge in [0.15, 0.2) is 11.6 Å². The summed E-state index contributed by atoms with van der Waals surface area (Å²) >= 11 is 0. The molecule has 2 aliphatic heterocycles. The van der Waals surface area contributed by atoms with E-state index in [2.05, 4.69) is 9.88 Å². The molecule has 3 aromatic rings. The van der Waals surface area contributed by atoms with Gasteiger partial charge in [0.25, 0.3) is 11.6 Å². The van der Waals surface area contributed by atoms with Gasteiger partial charge in [-0.3, -0.25) is 14.9 Å². The molecular formula is C26H26F2N6O4. The number of carbonyl (C=O) groups is 1. The number of hydrogen-bond donors (Lipinski definition) is 0. The Hall–Kier alpha value is -4.19. The predicted molar refractivity (Wildman–Crippen MR) is 134 cm³/mol. The first kappa shape index (κ1) is 25.5. The number of hydrogen-bond acceptors (Lipinski definition) is 8. The van der Waals surface area contributed by atoms with E-state index in [0.717, 1.165) is 25.2 Å². The molecule has 3 heterocycles. The van der Waals surface area contributed by atoms with Crippen LogP contribution in [0.25, 0.3) is 0 Å². The van der Waals surface area contributed by atoms with E-state index in [-0.39, 0.29) is 35.3 Å². The van der Waals surface area contributed by atoms with Crippen LogP contribution in [0.1, 0.15) is 27.2 Å². The molecule has 1 amide bonds. The number of ether oxygens (including phenoxy) is 1. The number of likely N-dealkylation sites (N-methyl/N-ethyl adjacent to an activating group) is 1. The van der Waals surface area contributed by atoms with Gasteiger partial charge in [-0.1, -0.05) is 6.07 Å². The Bertz CT molecular complexity index is 1410. The van der Waals surface area contributed by atoms with Crippen molar-refractivity contribution < 1.29 is 23.2 Å². The molecule has 198 valence electrons. The van der Waals surface area contributed by atoms with E-state index in [4.69, 9.17) is 9.72 Å². The molecule has 1 fully saturated rings. The normalized spacial score (nSPS) is 15.8. The molecular weight excluding hydrogens is 498 g/mol. The Morgan fingerprint density at radius 3 is 2.53 bits per heavy atom. The number of anilines is 1. The van der Waals surface area contributed by atoms with E-state index >= 15 is 0 Å². The molecule has 2 aromatic carbocycles. The highest BCUT2D eigenvalue weighted by Crippen LogP contribution is 2.33. The number of carbonyl (C=O) groups excluding carboxylic acids is 1. The van der Waals surface area contributed by atoms with E-state index in [1.54, 1.807) is 19.1 Å². The molecule has 0 saturated carbocycles. The maximum atomic E-state index is 14.5. The molecule has 0 spiro atoms. The summed E-state index contributed by atoms with van der Waals surface area (Å²) in [7, 11) is 2.03. The smallest absolute Gasteiger partial charge is 0.273 e. The summed E-state index contributed by atoms with van der Waals surface area (Å²) in [6.07, 6.45) is 0.389. The van der Waals surface area contributed by atoms with Crippen LogP contribution >= 0.6 is 0 Å². The van der Waals surface area contributed by atoms with Crippen LogP contribution in [0.2, 0.25) is 0 Å². The second-order valence-corrected chi connectivity index (χ2v) is 9.46. The van der Waals surface area contributed by atoms with Gasteiger partial charge in [0, 0.05) is 62.4 Å². The van der Waals surface area contributed by atoms with Gasteiger partial charge >= 0.3 is 0 Å². The van der Waals surface area contributed by atoms with Crippen LogP contribution < -0.4 is 9.64 Å². The third-order valence-corrected chi connectivity index (χ3v) is 6.84. The highest BCUT2D eigenvalue weighted by atomic mass is 19.1. The highest BCUT2D eigenvalue weighted by molar-refractivity contribution is 5.95. The lowest BCUT2D eigenvalue weighted by molar-refractivity contribution is -0.385. The molecule has 12 heteroatoms. The van der Waals surface area contributed by atoms with Crippen LogP contribution in [-0.4, -0.2) is 70.4 Å². The lowest BCUT2D eigenvalue weighted by Gasteiger charge is -2.34. The minimum absolute atomic E-state index is 0.0665. The molecule has 0 bridgehead atoms. The zero-order valence-corrected chi connectivity index (χ0v) is 21.0. The number of aromatic nitrogens is 2. The molecule has 1 saturated heterocycles. The zero-order valence-electron chi connectivity index (χ0n) is 21.0.